The van der Waals surface area contributed by atoms with Crippen LogP contribution in [0.2, 0.25) is 0 Å². The van der Waals surface area contributed by atoms with Gasteiger partial charge in [0.2, 0.25) is 5.89 Å². The van der Waals surface area contributed by atoms with Gasteiger partial charge in [-0.25, -0.2) is 0 Å². The Balaban J connectivity index is 0.00000147. The van der Waals surface area contributed by atoms with Crippen LogP contribution in [0.15, 0.2) is 34.9 Å². The molecule has 1 unspecified atom stereocenters. The summed E-state index contributed by atoms with van der Waals surface area (Å²) >= 11 is 0. The predicted molar refractivity (Wildman–Crippen MR) is 79.8 cm³/mol. The van der Waals surface area contributed by atoms with Crippen molar-refractivity contribution in [1.82, 2.24) is 10.1 Å². The Hall–Kier alpha value is -1.39. The number of aromatic nitrogens is 2. The molecular formula is C15H20ClN3O. The van der Waals surface area contributed by atoms with Gasteiger partial charge in [0.1, 0.15) is 0 Å². The van der Waals surface area contributed by atoms with Crippen LogP contribution < -0.4 is 5.73 Å². The van der Waals surface area contributed by atoms with E-state index in [1.807, 2.05) is 18.2 Å². The predicted octanol–water partition coefficient (Wildman–Crippen LogP) is 3.39. The van der Waals surface area contributed by atoms with Gasteiger partial charge in [0.25, 0.3) is 0 Å². The van der Waals surface area contributed by atoms with Crippen LogP contribution in [0.1, 0.15) is 54.9 Å². The van der Waals surface area contributed by atoms with Crippen molar-refractivity contribution in [3.63, 3.8) is 0 Å². The SMILES string of the molecule is Cl.NC(Cc1ccccc1)c1nc(C2CCCC2)no1. The minimum atomic E-state index is -0.218. The van der Waals surface area contributed by atoms with Crippen molar-refractivity contribution < 1.29 is 4.52 Å². The molecule has 0 radical (unpaired) electrons. The number of nitrogens with two attached hydrogens (primary N) is 1. The van der Waals surface area contributed by atoms with E-state index in [4.69, 9.17) is 10.3 Å². The van der Waals surface area contributed by atoms with Gasteiger partial charge in [-0.3, -0.25) is 0 Å². The second-order valence-corrected chi connectivity index (χ2v) is 5.27. The van der Waals surface area contributed by atoms with Gasteiger partial charge in [-0.15, -0.1) is 12.4 Å². The van der Waals surface area contributed by atoms with Crippen LogP contribution in [-0.4, -0.2) is 10.1 Å². The van der Waals surface area contributed by atoms with E-state index < -0.39 is 0 Å². The van der Waals surface area contributed by atoms with Gasteiger partial charge < -0.3 is 10.3 Å². The maximum atomic E-state index is 6.14. The average molecular weight is 294 g/mol. The van der Waals surface area contributed by atoms with Crippen LogP contribution in [0.5, 0.6) is 0 Å². The van der Waals surface area contributed by atoms with Gasteiger partial charge in [0, 0.05) is 5.92 Å². The molecule has 4 nitrogen and oxygen atoms in total. The summed E-state index contributed by atoms with van der Waals surface area (Å²) in [5, 5.41) is 4.09. The van der Waals surface area contributed by atoms with Crippen molar-refractivity contribution >= 4 is 12.4 Å². The number of halogens is 1. The molecule has 0 spiro atoms. The molecule has 0 saturated heterocycles. The zero-order chi connectivity index (χ0) is 13.1. The second-order valence-electron chi connectivity index (χ2n) is 5.27. The monoisotopic (exact) mass is 293 g/mol. The highest BCUT2D eigenvalue weighted by Crippen LogP contribution is 2.32. The summed E-state index contributed by atoms with van der Waals surface area (Å²) in [6.45, 7) is 0. The third kappa shape index (κ3) is 3.38. The standard InChI is InChI=1S/C15H19N3O.ClH/c16-13(10-11-6-2-1-3-7-11)15-17-14(18-19-15)12-8-4-5-9-12;/h1-3,6-7,12-13H,4-5,8-10,16H2;1H. The largest absolute Gasteiger partial charge is 0.338 e. The lowest BCUT2D eigenvalue weighted by molar-refractivity contribution is 0.347. The van der Waals surface area contributed by atoms with Crippen molar-refractivity contribution in [2.75, 3.05) is 0 Å². The fourth-order valence-corrected chi connectivity index (χ4v) is 2.70. The van der Waals surface area contributed by atoms with Gasteiger partial charge in [-0.2, -0.15) is 4.98 Å². The summed E-state index contributed by atoms with van der Waals surface area (Å²) in [5.74, 6) is 1.88. The molecule has 108 valence electrons. The summed E-state index contributed by atoms with van der Waals surface area (Å²) in [6, 6.07) is 9.94. The summed E-state index contributed by atoms with van der Waals surface area (Å²) in [4.78, 5) is 4.49. The van der Waals surface area contributed by atoms with Crippen molar-refractivity contribution in [1.29, 1.82) is 0 Å². The molecule has 1 heterocycles. The maximum Gasteiger partial charge on any atom is 0.243 e. The van der Waals surface area contributed by atoms with Crippen LogP contribution in [0.4, 0.5) is 0 Å². The fraction of sp³-hybridized carbons (Fsp3) is 0.467. The first-order chi connectivity index (χ1) is 9.33. The fourth-order valence-electron chi connectivity index (χ4n) is 2.70. The summed E-state index contributed by atoms with van der Waals surface area (Å²) < 4.78 is 5.32. The molecule has 0 aliphatic heterocycles. The summed E-state index contributed by atoms with van der Waals surface area (Å²) in [7, 11) is 0. The first kappa shape index (κ1) is 15.0. The molecule has 2 aromatic rings. The Morgan fingerprint density at radius 1 is 1.20 bits per heavy atom. The van der Waals surface area contributed by atoms with Gasteiger partial charge in [-0.1, -0.05) is 48.3 Å². The van der Waals surface area contributed by atoms with Gasteiger partial charge in [0.05, 0.1) is 6.04 Å². The van der Waals surface area contributed by atoms with Gasteiger partial charge >= 0.3 is 0 Å². The van der Waals surface area contributed by atoms with Crippen LogP contribution in [0.25, 0.3) is 0 Å². The minimum Gasteiger partial charge on any atom is -0.338 e. The van der Waals surface area contributed by atoms with Crippen LogP contribution in [0.3, 0.4) is 0 Å². The normalized spacial score (nSPS) is 16.9. The van der Waals surface area contributed by atoms with Crippen LogP contribution in [0, 0.1) is 0 Å². The smallest absolute Gasteiger partial charge is 0.243 e. The molecule has 5 heteroatoms. The Morgan fingerprint density at radius 3 is 2.60 bits per heavy atom. The van der Waals surface area contributed by atoms with E-state index in [-0.39, 0.29) is 18.4 Å². The average Bonchev–Trinajstić information content (AvgIpc) is 3.11. The minimum absolute atomic E-state index is 0. The third-order valence-corrected chi connectivity index (χ3v) is 3.79. The third-order valence-electron chi connectivity index (χ3n) is 3.79. The van der Waals surface area contributed by atoms with Crippen molar-refractivity contribution in [3.05, 3.63) is 47.6 Å². The van der Waals surface area contributed by atoms with E-state index in [9.17, 15) is 0 Å². The molecule has 0 amide bonds. The molecule has 1 saturated carbocycles. The molecular weight excluding hydrogens is 274 g/mol. The molecule has 1 aromatic heterocycles. The summed E-state index contributed by atoms with van der Waals surface area (Å²) in [6.07, 6.45) is 5.61. The summed E-state index contributed by atoms with van der Waals surface area (Å²) in [5.41, 5.74) is 7.33. The molecule has 1 aliphatic rings. The van der Waals surface area contributed by atoms with Gasteiger partial charge in [-0.05, 0) is 24.8 Å². The Morgan fingerprint density at radius 2 is 1.90 bits per heavy atom. The van der Waals surface area contributed by atoms with E-state index in [0.29, 0.717) is 11.8 Å². The van der Waals surface area contributed by atoms with E-state index >= 15 is 0 Å². The Bertz CT molecular complexity index is 523. The quantitative estimate of drug-likeness (QED) is 0.938. The van der Waals surface area contributed by atoms with E-state index in [1.165, 1.54) is 31.2 Å². The van der Waals surface area contributed by atoms with Crippen molar-refractivity contribution in [2.24, 2.45) is 5.73 Å². The maximum absolute atomic E-state index is 6.14. The lowest BCUT2D eigenvalue weighted by Gasteiger charge is -2.06. The number of nitrogens with zero attached hydrogens (tertiary/aromatic N) is 2. The van der Waals surface area contributed by atoms with Crippen LogP contribution >= 0.6 is 12.4 Å². The second kappa shape index (κ2) is 6.86. The first-order valence-electron chi connectivity index (χ1n) is 6.96. The van der Waals surface area contributed by atoms with E-state index in [2.05, 4.69) is 22.3 Å². The molecule has 1 aromatic carbocycles. The lowest BCUT2D eigenvalue weighted by Crippen LogP contribution is -2.14. The molecule has 3 rings (SSSR count). The number of rotatable bonds is 4. The molecule has 2 N–H and O–H groups in total. The number of hydrogen-bond donors (Lipinski definition) is 1. The van der Waals surface area contributed by atoms with Gasteiger partial charge in [0.15, 0.2) is 5.82 Å². The lowest BCUT2D eigenvalue weighted by atomic mass is 10.1. The molecule has 1 aliphatic carbocycles. The van der Waals surface area contributed by atoms with Crippen LogP contribution in [-0.2, 0) is 6.42 Å². The van der Waals surface area contributed by atoms with Crippen molar-refractivity contribution in [3.8, 4) is 0 Å². The highest BCUT2D eigenvalue weighted by atomic mass is 35.5. The highest BCUT2D eigenvalue weighted by Gasteiger charge is 2.24. The molecule has 0 bridgehead atoms. The Kier molecular flexibility index (Phi) is 5.15. The molecule has 1 atom stereocenters. The molecule has 20 heavy (non-hydrogen) atoms. The van der Waals surface area contributed by atoms with E-state index in [0.717, 1.165) is 12.2 Å². The topological polar surface area (TPSA) is 64.9 Å². The zero-order valence-corrected chi connectivity index (χ0v) is 12.2. The van der Waals surface area contributed by atoms with E-state index in [1.54, 1.807) is 0 Å². The van der Waals surface area contributed by atoms with Crippen molar-refractivity contribution in [2.45, 2.75) is 44.1 Å². The molecule has 1 fully saturated rings. The highest BCUT2D eigenvalue weighted by molar-refractivity contribution is 5.85. The zero-order valence-electron chi connectivity index (χ0n) is 11.4. The number of hydrogen-bond acceptors (Lipinski definition) is 4. The first-order valence-corrected chi connectivity index (χ1v) is 6.96. The number of benzene rings is 1. The Labute approximate surface area is 125 Å².